The summed E-state index contributed by atoms with van der Waals surface area (Å²) < 4.78 is 1.16. The van der Waals surface area contributed by atoms with Gasteiger partial charge in [-0.2, -0.15) is 0 Å². The number of carbonyl (C=O) groups excluding carboxylic acids is 1. The zero-order chi connectivity index (χ0) is 19.0. The minimum atomic E-state index is -0.0948. The van der Waals surface area contributed by atoms with Gasteiger partial charge in [-0.3, -0.25) is 4.79 Å². The van der Waals surface area contributed by atoms with Crippen LogP contribution < -0.4 is 5.32 Å². The Balaban J connectivity index is 1.67. The molecule has 4 heteroatoms. The number of anilines is 1. The summed E-state index contributed by atoms with van der Waals surface area (Å²) in [6.07, 6.45) is 0. The Bertz CT molecular complexity index is 1130. The quantitative estimate of drug-likeness (QED) is 0.469. The van der Waals surface area contributed by atoms with E-state index in [9.17, 15) is 4.79 Å². The van der Waals surface area contributed by atoms with Crippen molar-refractivity contribution in [2.24, 2.45) is 0 Å². The van der Waals surface area contributed by atoms with Crippen LogP contribution in [-0.2, 0) is 0 Å². The maximum Gasteiger partial charge on any atom is 0.255 e. The molecule has 0 spiro atoms. The summed E-state index contributed by atoms with van der Waals surface area (Å²) in [7, 11) is 0. The molecule has 4 aromatic rings. The topological polar surface area (TPSA) is 42.0 Å². The van der Waals surface area contributed by atoms with Gasteiger partial charge in [-0.15, -0.1) is 11.3 Å². The smallest absolute Gasteiger partial charge is 0.255 e. The first-order chi connectivity index (χ1) is 13.0. The Kier molecular flexibility index (Phi) is 4.50. The first-order valence-corrected chi connectivity index (χ1v) is 9.69. The van der Waals surface area contributed by atoms with Crippen molar-refractivity contribution in [3.8, 4) is 10.6 Å². The number of carbonyl (C=O) groups is 1. The Labute approximate surface area is 162 Å². The molecular weight excluding hydrogens is 352 g/mol. The van der Waals surface area contributed by atoms with Crippen LogP contribution in [0.2, 0.25) is 0 Å². The highest BCUT2D eigenvalue weighted by Gasteiger charge is 2.13. The van der Waals surface area contributed by atoms with E-state index in [1.165, 1.54) is 5.56 Å². The summed E-state index contributed by atoms with van der Waals surface area (Å²) in [5.74, 6) is -0.0948. The summed E-state index contributed by atoms with van der Waals surface area (Å²) in [4.78, 5) is 17.4. The molecule has 0 aliphatic carbocycles. The molecule has 1 amide bonds. The van der Waals surface area contributed by atoms with Gasteiger partial charge in [0.05, 0.1) is 10.2 Å². The van der Waals surface area contributed by atoms with E-state index < -0.39 is 0 Å². The molecule has 0 aliphatic heterocycles. The number of hydrogen-bond donors (Lipinski definition) is 1. The first-order valence-electron chi connectivity index (χ1n) is 8.87. The van der Waals surface area contributed by atoms with Gasteiger partial charge in [0.2, 0.25) is 0 Å². The van der Waals surface area contributed by atoms with Crippen molar-refractivity contribution in [1.29, 1.82) is 0 Å². The predicted molar refractivity (Wildman–Crippen MR) is 114 cm³/mol. The lowest BCUT2D eigenvalue weighted by molar-refractivity contribution is 0.102. The molecule has 0 saturated carbocycles. The largest absolute Gasteiger partial charge is 0.322 e. The lowest BCUT2D eigenvalue weighted by Gasteiger charge is -2.12. The van der Waals surface area contributed by atoms with Gasteiger partial charge in [-0.25, -0.2) is 4.98 Å². The first kappa shape index (κ1) is 17.4. The number of nitrogens with zero attached hydrogens (tertiary/aromatic N) is 1. The monoisotopic (exact) mass is 372 g/mol. The average Bonchev–Trinajstić information content (AvgIpc) is 3.09. The summed E-state index contributed by atoms with van der Waals surface area (Å²) in [5.41, 5.74) is 6.85. The van der Waals surface area contributed by atoms with Crippen molar-refractivity contribution in [3.63, 3.8) is 0 Å². The van der Waals surface area contributed by atoms with Crippen molar-refractivity contribution in [2.45, 2.75) is 20.8 Å². The van der Waals surface area contributed by atoms with Gasteiger partial charge < -0.3 is 5.32 Å². The van der Waals surface area contributed by atoms with Crippen LogP contribution in [0.15, 0.2) is 60.7 Å². The zero-order valence-electron chi connectivity index (χ0n) is 15.5. The van der Waals surface area contributed by atoms with E-state index in [0.29, 0.717) is 5.56 Å². The van der Waals surface area contributed by atoms with Crippen LogP contribution >= 0.6 is 11.3 Å². The van der Waals surface area contributed by atoms with Gasteiger partial charge in [0.15, 0.2) is 0 Å². The van der Waals surface area contributed by atoms with Gasteiger partial charge in [-0.05, 0) is 67.8 Å². The number of aryl methyl sites for hydroxylation is 2. The van der Waals surface area contributed by atoms with Crippen molar-refractivity contribution >= 4 is 33.1 Å². The fraction of sp³-hybridized carbons (Fsp3) is 0.130. The van der Waals surface area contributed by atoms with Crippen LogP contribution in [0.25, 0.3) is 20.8 Å². The third kappa shape index (κ3) is 3.36. The number of nitrogens with one attached hydrogen (secondary N) is 1. The lowest BCUT2D eigenvalue weighted by atomic mass is 10.0. The minimum Gasteiger partial charge on any atom is -0.322 e. The third-order valence-corrected chi connectivity index (χ3v) is 5.95. The van der Waals surface area contributed by atoms with Gasteiger partial charge in [-0.1, -0.05) is 30.3 Å². The van der Waals surface area contributed by atoms with Crippen LogP contribution in [0.3, 0.4) is 0 Å². The van der Waals surface area contributed by atoms with Crippen LogP contribution in [0.1, 0.15) is 27.0 Å². The Hall–Kier alpha value is -2.98. The molecule has 0 bridgehead atoms. The molecule has 1 N–H and O–H groups in total. The molecule has 1 heterocycles. The maximum absolute atomic E-state index is 12.7. The molecule has 3 nitrogen and oxygen atoms in total. The molecule has 4 rings (SSSR count). The molecule has 0 saturated heterocycles. The van der Waals surface area contributed by atoms with Crippen molar-refractivity contribution < 1.29 is 4.79 Å². The zero-order valence-corrected chi connectivity index (χ0v) is 16.4. The fourth-order valence-corrected chi connectivity index (χ4v) is 4.12. The van der Waals surface area contributed by atoms with Crippen LogP contribution in [-0.4, -0.2) is 10.9 Å². The highest BCUT2D eigenvalue weighted by molar-refractivity contribution is 7.21. The molecule has 1 aromatic heterocycles. The summed E-state index contributed by atoms with van der Waals surface area (Å²) in [5, 5.41) is 4.02. The number of hydrogen-bond acceptors (Lipinski definition) is 3. The highest BCUT2D eigenvalue weighted by Crippen LogP contribution is 2.34. The summed E-state index contributed by atoms with van der Waals surface area (Å²) in [6.45, 7) is 6.09. The standard InChI is InChI=1S/C23H20N2OS/c1-14-11-12-17(13-15(14)2)22(26)24-19-9-6-7-18(16(19)3)23-25-20-8-4-5-10-21(20)27-23/h4-13H,1-3H3,(H,24,26). The van der Waals surface area contributed by atoms with Crippen LogP contribution in [0.4, 0.5) is 5.69 Å². The van der Waals surface area contributed by atoms with Gasteiger partial charge in [0.25, 0.3) is 5.91 Å². The second kappa shape index (κ2) is 6.97. The molecule has 27 heavy (non-hydrogen) atoms. The van der Waals surface area contributed by atoms with Crippen molar-refractivity contribution in [3.05, 3.63) is 82.9 Å². The molecule has 0 radical (unpaired) electrons. The molecule has 0 aliphatic rings. The molecular formula is C23H20N2OS. The van der Waals surface area contributed by atoms with E-state index in [0.717, 1.165) is 37.6 Å². The SMILES string of the molecule is Cc1ccc(C(=O)Nc2cccc(-c3nc4ccccc4s3)c2C)cc1C. The number of rotatable bonds is 3. The number of fused-ring (bicyclic) bond motifs is 1. The van der Waals surface area contributed by atoms with E-state index in [-0.39, 0.29) is 5.91 Å². The summed E-state index contributed by atoms with van der Waals surface area (Å²) in [6, 6.07) is 19.9. The number of thiazole rings is 1. The van der Waals surface area contributed by atoms with Crippen LogP contribution in [0, 0.1) is 20.8 Å². The van der Waals surface area contributed by atoms with E-state index in [2.05, 4.69) is 17.4 Å². The third-order valence-electron chi connectivity index (χ3n) is 4.88. The molecule has 0 fully saturated rings. The van der Waals surface area contributed by atoms with E-state index in [1.807, 2.05) is 69.3 Å². The van der Waals surface area contributed by atoms with Crippen molar-refractivity contribution in [1.82, 2.24) is 4.98 Å². The Morgan fingerprint density at radius 3 is 2.52 bits per heavy atom. The Morgan fingerprint density at radius 1 is 0.926 bits per heavy atom. The molecule has 134 valence electrons. The van der Waals surface area contributed by atoms with E-state index in [4.69, 9.17) is 4.98 Å². The molecule has 0 atom stereocenters. The van der Waals surface area contributed by atoms with Gasteiger partial charge >= 0.3 is 0 Å². The normalized spacial score (nSPS) is 10.9. The number of para-hydroxylation sites is 1. The van der Waals surface area contributed by atoms with E-state index >= 15 is 0 Å². The van der Waals surface area contributed by atoms with Gasteiger partial charge in [0.1, 0.15) is 5.01 Å². The number of benzene rings is 3. The maximum atomic E-state index is 12.7. The van der Waals surface area contributed by atoms with E-state index in [1.54, 1.807) is 11.3 Å². The highest BCUT2D eigenvalue weighted by atomic mass is 32.1. The van der Waals surface area contributed by atoms with Gasteiger partial charge in [0, 0.05) is 16.8 Å². The van der Waals surface area contributed by atoms with Crippen molar-refractivity contribution in [2.75, 3.05) is 5.32 Å². The minimum absolute atomic E-state index is 0.0948. The Morgan fingerprint density at radius 2 is 1.74 bits per heavy atom. The van der Waals surface area contributed by atoms with Crippen LogP contribution in [0.5, 0.6) is 0 Å². The second-order valence-corrected chi connectivity index (χ2v) is 7.75. The molecule has 0 unspecified atom stereocenters. The predicted octanol–water partition coefficient (Wildman–Crippen LogP) is 6.14. The lowest BCUT2D eigenvalue weighted by Crippen LogP contribution is -2.13. The number of aromatic nitrogens is 1. The fourth-order valence-electron chi connectivity index (χ4n) is 3.07. The average molecular weight is 372 g/mol. The number of amides is 1. The summed E-state index contributed by atoms with van der Waals surface area (Å²) >= 11 is 1.67. The second-order valence-electron chi connectivity index (χ2n) is 6.72. The molecule has 3 aromatic carbocycles.